The average Bonchev–Trinajstić information content (AvgIpc) is 3.11. The highest BCUT2D eigenvalue weighted by atomic mass is 32.1. The number of carbonyl (C=O) groups is 1. The summed E-state index contributed by atoms with van der Waals surface area (Å²) < 4.78 is 14.3. The van der Waals surface area contributed by atoms with E-state index in [1.165, 1.54) is 29.5 Å². The van der Waals surface area contributed by atoms with E-state index in [0.717, 1.165) is 10.1 Å². The van der Waals surface area contributed by atoms with Crippen LogP contribution in [0.15, 0.2) is 63.5 Å². The summed E-state index contributed by atoms with van der Waals surface area (Å²) in [5, 5.41) is 2.19. The minimum atomic E-state index is -0.647. The van der Waals surface area contributed by atoms with Gasteiger partial charge in [-0.2, -0.15) is 0 Å². The Kier molecular flexibility index (Phi) is 4.52. The zero-order chi connectivity index (χ0) is 19.8. The molecule has 2 aromatic heterocycles. The number of hydrogen-bond acceptors (Lipinski definition) is 4. The van der Waals surface area contributed by atoms with Crippen molar-refractivity contribution in [3.05, 3.63) is 91.7 Å². The van der Waals surface area contributed by atoms with Crippen molar-refractivity contribution in [2.24, 2.45) is 0 Å². The summed E-state index contributed by atoms with van der Waals surface area (Å²) in [6, 6.07) is 13.3. The van der Waals surface area contributed by atoms with Crippen molar-refractivity contribution in [3.8, 4) is 11.1 Å². The number of halogens is 1. The molecule has 0 spiro atoms. The molecular formula is C21H15FN2O3S. The van der Waals surface area contributed by atoms with Crippen LogP contribution in [0.25, 0.3) is 21.3 Å². The van der Waals surface area contributed by atoms with Gasteiger partial charge in [-0.15, -0.1) is 11.3 Å². The Morgan fingerprint density at radius 1 is 1.14 bits per heavy atom. The Morgan fingerprint density at radius 2 is 1.89 bits per heavy atom. The third-order valence-electron chi connectivity index (χ3n) is 4.58. The molecule has 2 heterocycles. The Bertz CT molecular complexity index is 1320. The average molecular weight is 394 g/mol. The number of aryl methyl sites for hydroxylation is 1. The molecule has 0 aliphatic rings. The predicted octanol–water partition coefficient (Wildman–Crippen LogP) is 3.75. The lowest BCUT2D eigenvalue weighted by atomic mass is 10.1. The van der Waals surface area contributed by atoms with Gasteiger partial charge in [-0.1, -0.05) is 30.3 Å². The van der Waals surface area contributed by atoms with Crippen molar-refractivity contribution in [3.63, 3.8) is 0 Å². The normalized spacial score (nSPS) is 11.1. The van der Waals surface area contributed by atoms with Gasteiger partial charge in [-0.05, 0) is 36.2 Å². The van der Waals surface area contributed by atoms with E-state index in [1.54, 1.807) is 6.92 Å². The number of aromatic amines is 1. The number of aromatic nitrogens is 2. The van der Waals surface area contributed by atoms with Crippen molar-refractivity contribution >= 4 is 27.3 Å². The summed E-state index contributed by atoms with van der Waals surface area (Å²) in [6.45, 7) is 1.13. The van der Waals surface area contributed by atoms with E-state index in [2.05, 4.69) is 4.98 Å². The lowest BCUT2D eigenvalue weighted by Crippen LogP contribution is -2.37. The first-order chi connectivity index (χ1) is 13.5. The number of ketones is 1. The molecule has 5 nitrogen and oxygen atoms in total. The summed E-state index contributed by atoms with van der Waals surface area (Å²) in [6.07, 6.45) is 0. The van der Waals surface area contributed by atoms with Crippen molar-refractivity contribution < 1.29 is 9.18 Å². The number of fused-ring (bicyclic) bond motifs is 1. The van der Waals surface area contributed by atoms with E-state index < -0.39 is 29.4 Å². The van der Waals surface area contributed by atoms with Crippen LogP contribution in [0.3, 0.4) is 0 Å². The van der Waals surface area contributed by atoms with E-state index in [4.69, 9.17) is 0 Å². The number of hydrogen-bond donors (Lipinski definition) is 1. The molecule has 4 aromatic rings. The van der Waals surface area contributed by atoms with Gasteiger partial charge < -0.3 is 0 Å². The van der Waals surface area contributed by atoms with E-state index in [1.807, 2.05) is 35.7 Å². The van der Waals surface area contributed by atoms with Gasteiger partial charge in [-0.25, -0.2) is 9.18 Å². The van der Waals surface area contributed by atoms with Gasteiger partial charge in [0.1, 0.15) is 10.6 Å². The molecule has 1 N–H and O–H groups in total. The summed E-state index contributed by atoms with van der Waals surface area (Å²) >= 11 is 1.27. The molecule has 0 aliphatic heterocycles. The van der Waals surface area contributed by atoms with Crippen LogP contribution in [-0.4, -0.2) is 15.3 Å². The standard InChI is InChI=1S/C21H15FN2O3S/c1-12-9-14(7-8-16(12)22)17(25)10-24-20(26)18-15(13-5-3-2-4-6-13)11-28-19(18)23-21(24)27/h2-9,11H,10H2,1H3,(H,23,27). The fraction of sp³-hybridized carbons (Fsp3) is 0.0952. The first-order valence-corrected chi connectivity index (χ1v) is 9.43. The van der Waals surface area contributed by atoms with Gasteiger partial charge in [0.25, 0.3) is 5.56 Å². The second kappa shape index (κ2) is 7.01. The Labute approximate surface area is 162 Å². The molecule has 0 saturated heterocycles. The Balaban J connectivity index is 1.81. The van der Waals surface area contributed by atoms with Crippen molar-refractivity contribution in [2.45, 2.75) is 13.5 Å². The lowest BCUT2D eigenvalue weighted by Gasteiger charge is -2.07. The molecule has 0 amide bonds. The van der Waals surface area contributed by atoms with Crippen LogP contribution in [0.5, 0.6) is 0 Å². The number of rotatable bonds is 4. The molecule has 140 valence electrons. The van der Waals surface area contributed by atoms with E-state index in [0.29, 0.717) is 21.3 Å². The van der Waals surface area contributed by atoms with E-state index in [9.17, 15) is 18.8 Å². The number of benzene rings is 2. The fourth-order valence-corrected chi connectivity index (χ4v) is 4.03. The van der Waals surface area contributed by atoms with Crippen LogP contribution in [0, 0.1) is 12.7 Å². The molecule has 0 atom stereocenters. The van der Waals surface area contributed by atoms with Gasteiger partial charge in [0.15, 0.2) is 5.78 Å². The van der Waals surface area contributed by atoms with E-state index in [-0.39, 0.29) is 5.56 Å². The van der Waals surface area contributed by atoms with Crippen molar-refractivity contribution in [2.75, 3.05) is 0 Å². The van der Waals surface area contributed by atoms with Crippen LogP contribution in [-0.2, 0) is 6.54 Å². The Morgan fingerprint density at radius 3 is 2.61 bits per heavy atom. The maximum Gasteiger partial charge on any atom is 0.329 e. The van der Waals surface area contributed by atoms with Gasteiger partial charge in [0.2, 0.25) is 0 Å². The first-order valence-electron chi connectivity index (χ1n) is 8.55. The van der Waals surface area contributed by atoms with Crippen LogP contribution >= 0.6 is 11.3 Å². The number of carbonyl (C=O) groups excluding carboxylic acids is 1. The summed E-state index contributed by atoms with van der Waals surface area (Å²) in [5.41, 5.74) is 0.966. The molecule has 0 saturated carbocycles. The monoisotopic (exact) mass is 394 g/mol. The summed E-state index contributed by atoms with van der Waals surface area (Å²) in [7, 11) is 0. The van der Waals surface area contributed by atoms with Gasteiger partial charge in [0.05, 0.1) is 11.9 Å². The molecule has 0 aliphatic carbocycles. The minimum absolute atomic E-state index is 0.249. The summed E-state index contributed by atoms with van der Waals surface area (Å²) in [5.74, 6) is -0.856. The number of nitrogens with zero attached hydrogens (tertiary/aromatic N) is 1. The zero-order valence-electron chi connectivity index (χ0n) is 14.9. The van der Waals surface area contributed by atoms with Crippen LogP contribution in [0.2, 0.25) is 0 Å². The number of thiophene rings is 1. The molecule has 0 fully saturated rings. The SMILES string of the molecule is Cc1cc(C(=O)Cn2c(=O)[nH]c3scc(-c4ccccc4)c3c2=O)ccc1F. The third-order valence-corrected chi connectivity index (χ3v) is 5.48. The second-order valence-corrected chi connectivity index (χ2v) is 7.31. The largest absolute Gasteiger partial charge is 0.329 e. The van der Waals surface area contributed by atoms with Crippen molar-refractivity contribution in [1.82, 2.24) is 9.55 Å². The highest BCUT2D eigenvalue weighted by Gasteiger charge is 2.17. The quantitative estimate of drug-likeness (QED) is 0.536. The maximum absolute atomic E-state index is 13.4. The molecule has 28 heavy (non-hydrogen) atoms. The van der Waals surface area contributed by atoms with Crippen LogP contribution in [0.1, 0.15) is 15.9 Å². The van der Waals surface area contributed by atoms with Gasteiger partial charge in [-0.3, -0.25) is 19.1 Å². The number of nitrogens with one attached hydrogen (secondary N) is 1. The molecule has 0 bridgehead atoms. The topological polar surface area (TPSA) is 71.9 Å². The van der Waals surface area contributed by atoms with E-state index >= 15 is 0 Å². The van der Waals surface area contributed by atoms with Gasteiger partial charge in [0, 0.05) is 16.5 Å². The molecular weight excluding hydrogens is 379 g/mol. The predicted molar refractivity (Wildman–Crippen MR) is 108 cm³/mol. The molecule has 0 radical (unpaired) electrons. The van der Waals surface area contributed by atoms with Crippen LogP contribution < -0.4 is 11.2 Å². The highest BCUT2D eigenvalue weighted by Crippen LogP contribution is 2.29. The second-order valence-electron chi connectivity index (χ2n) is 6.43. The molecule has 2 aromatic carbocycles. The third kappa shape index (κ3) is 3.10. The highest BCUT2D eigenvalue weighted by molar-refractivity contribution is 7.17. The number of Topliss-reactive ketones (excluding diaryl/α,β-unsaturated/α-hetero) is 1. The minimum Gasteiger partial charge on any atom is -0.298 e. The first kappa shape index (κ1) is 18.1. The summed E-state index contributed by atoms with van der Waals surface area (Å²) in [4.78, 5) is 41.1. The fourth-order valence-electron chi connectivity index (χ4n) is 3.08. The van der Waals surface area contributed by atoms with Gasteiger partial charge >= 0.3 is 5.69 Å². The molecule has 0 unspecified atom stereocenters. The van der Waals surface area contributed by atoms with Crippen molar-refractivity contribution in [1.29, 1.82) is 0 Å². The molecule has 7 heteroatoms. The number of H-pyrrole nitrogens is 1. The zero-order valence-corrected chi connectivity index (χ0v) is 15.7. The smallest absolute Gasteiger partial charge is 0.298 e. The Hall–Kier alpha value is -3.32. The maximum atomic E-state index is 13.4. The molecule has 4 rings (SSSR count). The lowest BCUT2D eigenvalue weighted by molar-refractivity contribution is 0.0969. The van der Waals surface area contributed by atoms with Crippen LogP contribution in [0.4, 0.5) is 4.39 Å².